The van der Waals surface area contributed by atoms with Gasteiger partial charge in [-0.3, -0.25) is 0 Å². The van der Waals surface area contributed by atoms with Crippen molar-refractivity contribution in [2.75, 3.05) is 13.7 Å². The summed E-state index contributed by atoms with van der Waals surface area (Å²) in [7, 11) is 1.80. The molecule has 0 aliphatic heterocycles. The summed E-state index contributed by atoms with van der Waals surface area (Å²) in [4.78, 5) is 0. The molecule has 0 amide bonds. The third-order valence-electron chi connectivity index (χ3n) is 4.93. The molecule has 0 radical (unpaired) electrons. The molecule has 2 N–H and O–H groups in total. The second kappa shape index (κ2) is 8.22. The molecule has 0 spiro atoms. The molecule has 1 aliphatic rings. The van der Waals surface area contributed by atoms with Crippen molar-refractivity contribution in [1.29, 1.82) is 0 Å². The molecule has 1 atom stereocenters. The van der Waals surface area contributed by atoms with E-state index in [0.717, 1.165) is 19.3 Å². The molecule has 0 saturated heterocycles. The van der Waals surface area contributed by atoms with E-state index >= 15 is 0 Å². The fourth-order valence-electron chi connectivity index (χ4n) is 3.57. The maximum atomic E-state index is 13.2. The van der Waals surface area contributed by atoms with Gasteiger partial charge in [0, 0.05) is 19.2 Å². The first-order valence-corrected chi connectivity index (χ1v) is 8.61. The van der Waals surface area contributed by atoms with Crippen LogP contribution >= 0.6 is 0 Å². The average molecular weight is 323 g/mol. The Morgan fingerprint density at radius 1 is 1.30 bits per heavy atom. The number of halogens is 1. The summed E-state index contributed by atoms with van der Waals surface area (Å²) >= 11 is 0. The monoisotopic (exact) mass is 323 g/mol. The molecule has 2 rings (SSSR count). The maximum Gasteiger partial charge on any atom is 0.123 e. The molecule has 1 saturated carbocycles. The molecule has 0 bridgehead atoms. The summed E-state index contributed by atoms with van der Waals surface area (Å²) < 4.78 is 18.7. The number of rotatable bonds is 7. The normalized spacial score (nSPS) is 23.7. The first kappa shape index (κ1) is 18.4. The van der Waals surface area contributed by atoms with Crippen molar-refractivity contribution in [1.82, 2.24) is 5.32 Å². The van der Waals surface area contributed by atoms with E-state index in [0.29, 0.717) is 24.1 Å². The van der Waals surface area contributed by atoms with Gasteiger partial charge in [0.25, 0.3) is 0 Å². The van der Waals surface area contributed by atoms with Gasteiger partial charge in [0.1, 0.15) is 5.82 Å². The maximum absolute atomic E-state index is 13.2. The Kier molecular flexibility index (Phi) is 6.57. The number of aliphatic hydroxyl groups is 1. The van der Waals surface area contributed by atoms with Gasteiger partial charge in [0.05, 0.1) is 12.2 Å². The van der Waals surface area contributed by atoms with E-state index < -0.39 is 6.10 Å². The van der Waals surface area contributed by atoms with Gasteiger partial charge in [0.15, 0.2) is 0 Å². The van der Waals surface area contributed by atoms with Crippen molar-refractivity contribution in [3.8, 4) is 0 Å². The first-order chi connectivity index (χ1) is 10.9. The number of methoxy groups -OCH3 is 1. The lowest BCUT2D eigenvalue weighted by Gasteiger charge is -2.35. The topological polar surface area (TPSA) is 41.5 Å². The number of hydrogen-bond acceptors (Lipinski definition) is 3. The predicted octanol–water partition coefficient (Wildman–Crippen LogP) is 3.82. The summed E-state index contributed by atoms with van der Waals surface area (Å²) in [6, 6.07) is 6.18. The predicted molar refractivity (Wildman–Crippen MR) is 90.8 cm³/mol. The molecule has 23 heavy (non-hydrogen) atoms. The fourth-order valence-corrected chi connectivity index (χ4v) is 3.57. The summed E-state index contributed by atoms with van der Waals surface area (Å²) in [5, 5.41) is 13.7. The molecule has 3 nitrogen and oxygen atoms in total. The molecule has 1 aliphatic carbocycles. The minimum absolute atomic E-state index is 0.0428. The van der Waals surface area contributed by atoms with E-state index in [1.807, 2.05) is 0 Å². The average Bonchev–Trinajstić information content (AvgIpc) is 2.53. The number of aliphatic hydroxyl groups excluding tert-OH is 1. The molecule has 0 aromatic heterocycles. The highest BCUT2D eigenvalue weighted by molar-refractivity contribution is 5.19. The lowest BCUT2D eigenvalue weighted by Crippen LogP contribution is -2.43. The smallest absolute Gasteiger partial charge is 0.123 e. The number of β-amino-alcohol motifs (C(OH)–C–C–N with tert-alkyl or cyclic N) is 1. The van der Waals surface area contributed by atoms with Crippen molar-refractivity contribution in [2.45, 2.75) is 63.7 Å². The summed E-state index contributed by atoms with van der Waals surface area (Å²) in [5.74, 6) is 0.394. The van der Waals surface area contributed by atoms with Crippen LogP contribution in [0.5, 0.6) is 0 Å². The summed E-state index contributed by atoms with van der Waals surface area (Å²) in [6.45, 7) is 4.78. The Balaban J connectivity index is 1.79. The van der Waals surface area contributed by atoms with Crippen LogP contribution in [0.25, 0.3) is 0 Å². The highest BCUT2D eigenvalue weighted by atomic mass is 19.1. The minimum Gasteiger partial charge on any atom is -0.387 e. The number of benzene rings is 1. The van der Waals surface area contributed by atoms with Crippen LogP contribution in [0.1, 0.15) is 57.6 Å². The number of nitrogens with one attached hydrogen (secondary N) is 1. The van der Waals surface area contributed by atoms with E-state index in [2.05, 4.69) is 19.2 Å². The first-order valence-electron chi connectivity index (χ1n) is 8.61. The minimum atomic E-state index is -0.686. The molecule has 1 aromatic carbocycles. The lowest BCUT2D eigenvalue weighted by atomic mass is 9.79. The third-order valence-corrected chi connectivity index (χ3v) is 4.93. The van der Waals surface area contributed by atoms with Crippen molar-refractivity contribution in [2.24, 2.45) is 5.92 Å². The van der Waals surface area contributed by atoms with E-state index in [1.54, 1.807) is 19.2 Å². The second-order valence-electron chi connectivity index (χ2n) is 7.42. The molecule has 1 aromatic rings. The molecule has 0 heterocycles. The van der Waals surface area contributed by atoms with E-state index in [9.17, 15) is 9.50 Å². The Morgan fingerprint density at radius 2 is 2.00 bits per heavy atom. The molecule has 1 unspecified atom stereocenters. The van der Waals surface area contributed by atoms with Gasteiger partial charge in [-0.25, -0.2) is 4.39 Å². The van der Waals surface area contributed by atoms with Gasteiger partial charge >= 0.3 is 0 Å². The number of hydrogen-bond donors (Lipinski definition) is 2. The van der Waals surface area contributed by atoms with Gasteiger partial charge in [-0.1, -0.05) is 12.1 Å². The van der Waals surface area contributed by atoms with Crippen molar-refractivity contribution in [3.05, 3.63) is 35.6 Å². The molecular formula is C19H30FNO2. The summed E-state index contributed by atoms with van der Waals surface area (Å²) in [6.07, 6.45) is 5.52. The van der Waals surface area contributed by atoms with Crippen LogP contribution in [0.2, 0.25) is 0 Å². The van der Waals surface area contributed by atoms with Crippen molar-refractivity contribution in [3.63, 3.8) is 0 Å². The zero-order chi connectivity index (χ0) is 16.9. The largest absolute Gasteiger partial charge is 0.387 e. The lowest BCUT2D eigenvalue weighted by molar-refractivity contribution is 0.0505. The van der Waals surface area contributed by atoms with Crippen LogP contribution in [-0.2, 0) is 4.74 Å². The van der Waals surface area contributed by atoms with Gasteiger partial charge in [-0.15, -0.1) is 0 Å². The van der Waals surface area contributed by atoms with Crippen LogP contribution in [-0.4, -0.2) is 30.4 Å². The highest BCUT2D eigenvalue weighted by Gasteiger charge is 2.27. The second-order valence-corrected chi connectivity index (χ2v) is 7.42. The molecule has 4 heteroatoms. The van der Waals surface area contributed by atoms with Gasteiger partial charge in [-0.05, 0) is 69.6 Å². The van der Waals surface area contributed by atoms with Crippen LogP contribution in [0.3, 0.4) is 0 Å². The Morgan fingerprint density at radius 3 is 2.61 bits per heavy atom. The van der Waals surface area contributed by atoms with E-state index in [1.165, 1.54) is 25.0 Å². The van der Waals surface area contributed by atoms with Gasteiger partial charge < -0.3 is 15.2 Å². The number of ether oxygens (including phenoxy) is 1. The Labute approximate surface area is 139 Å². The Hall–Kier alpha value is -0.970. The molecule has 1 fully saturated rings. The van der Waals surface area contributed by atoms with Crippen molar-refractivity contribution >= 4 is 0 Å². The zero-order valence-corrected chi connectivity index (χ0v) is 14.5. The van der Waals surface area contributed by atoms with E-state index in [-0.39, 0.29) is 11.4 Å². The SMILES string of the molecule is COC1CCC(CC(C)(C)NCC(O)c2cccc(F)c2)CC1. The standard InChI is InChI=1S/C19H30FNO2/c1-19(2,12-14-7-9-17(23-3)10-8-14)21-13-18(22)15-5-4-6-16(20)11-15/h4-6,11,14,17-18,21-22H,7-10,12-13H2,1-3H3. The summed E-state index contributed by atoms with van der Waals surface area (Å²) in [5.41, 5.74) is 0.577. The van der Waals surface area contributed by atoms with Crippen LogP contribution in [0, 0.1) is 11.7 Å². The van der Waals surface area contributed by atoms with Crippen molar-refractivity contribution < 1.29 is 14.2 Å². The third kappa shape index (κ3) is 5.87. The van der Waals surface area contributed by atoms with Crippen LogP contribution in [0.15, 0.2) is 24.3 Å². The molecule has 130 valence electrons. The molecular weight excluding hydrogens is 293 g/mol. The van der Waals surface area contributed by atoms with Gasteiger partial charge in [0.2, 0.25) is 0 Å². The van der Waals surface area contributed by atoms with Crippen LogP contribution < -0.4 is 5.32 Å². The highest BCUT2D eigenvalue weighted by Crippen LogP contribution is 2.32. The fraction of sp³-hybridized carbons (Fsp3) is 0.684. The Bertz CT molecular complexity index is 484. The van der Waals surface area contributed by atoms with E-state index in [4.69, 9.17) is 4.74 Å². The zero-order valence-electron chi connectivity index (χ0n) is 14.5. The quantitative estimate of drug-likeness (QED) is 0.801. The van der Waals surface area contributed by atoms with Crippen LogP contribution in [0.4, 0.5) is 4.39 Å². The van der Waals surface area contributed by atoms with Gasteiger partial charge in [-0.2, -0.15) is 0 Å².